The molecule has 3 nitrogen and oxygen atoms in total. The van der Waals surface area contributed by atoms with Gasteiger partial charge in [0.1, 0.15) is 0 Å². The minimum Gasteiger partial charge on any atom is -0.377 e. The van der Waals surface area contributed by atoms with Crippen LogP contribution in [0.15, 0.2) is 36.5 Å². The minimum atomic E-state index is 0.342. The highest BCUT2D eigenvalue weighted by molar-refractivity contribution is 5.75. The molecule has 0 spiro atoms. The molecule has 0 unspecified atom stereocenters. The van der Waals surface area contributed by atoms with Gasteiger partial charge in [-0.1, -0.05) is 24.3 Å². The zero-order valence-corrected chi connectivity index (χ0v) is 14.8. The van der Waals surface area contributed by atoms with Gasteiger partial charge in [0.2, 0.25) is 0 Å². The lowest BCUT2D eigenvalue weighted by Crippen LogP contribution is -2.50. The molecule has 0 N–H and O–H groups in total. The molecule has 0 saturated carbocycles. The van der Waals surface area contributed by atoms with Gasteiger partial charge in [-0.25, -0.2) is 0 Å². The smallest absolute Gasteiger partial charge is 0.0723 e. The molecule has 3 heteroatoms. The van der Waals surface area contributed by atoms with Crippen molar-refractivity contribution in [2.24, 2.45) is 0 Å². The van der Waals surface area contributed by atoms with E-state index in [1.54, 1.807) is 0 Å². The van der Waals surface area contributed by atoms with E-state index >= 15 is 0 Å². The highest BCUT2D eigenvalue weighted by Crippen LogP contribution is 2.41. The summed E-state index contributed by atoms with van der Waals surface area (Å²) in [5, 5.41) is 0. The Balaban J connectivity index is 1.66. The third-order valence-electron chi connectivity index (χ3n) is 5.72. The van der Waals surface area contributed by atoms with E-state index in [9.17, 15) is 0 Å². The van der Waals surface area contributed by atoms with Crippen LogP contribution in [0.3, 0.4) is 0 Å². The van der Waals surface area contributed by atoms with Gasteiger partial charge in [-0.05, 0) is 50.4 Å². The van der Waals surface area contributed by atoms with E-state index in [1.807, 2.05) is 12.1 Å². The van der Waals surface area contributed by atoms with Crippen molar-refractivity contribution in [1.29, 1.82) is 0 Å². The van der Waals surface area contributed by atoms with Crippen molar-refractivity contribution in [3.63, 3.8) is 0 Å². The summed E-state index contributed by atoms with van der Waals surface area (Å²) in [7, 11) is 4.11. The van der Waals surface area contributed by atoms with Crippen LogP contribution < -0.4 is 4.90 Å². The minimum absolute atomic E-state index is 0.342. The predicted octanol–water partition coefficient (Wildman–Crippen LogP) is 3.74. The Morgan fingerprint density at radius 3 is 2.58 bits per heavy atom. The lowest BCUT2D eigenvalue weighted by Gasteiger charge is -2.47. The van der Waals surface area contributed by atoms with Crippen molar-refractivity contribution in [1.82, 2.24) is 9.88 Å². The van der Waals surface area contributed by atoms with Crippen LogP contribution in [-0.2, 0) is 5.41 Å². The number of fused-ring (bicyclic) bond motifs is 2. The molecule has 0 atom stereocenters. The van der Waals surface area contributed by atoms with Crippen LogP contribution in [0.25, 0.3) is 11.3 Å². The molecule has 2 fully saturated rings. The van der Waals surface area contributed by atoms with Crippen LogP contribution in [0, 0.1) is 6.07 Å². The standard InChI is InChI=1S/C21H26N3/c1-23(2)20-8-4-3-7-18(20)19-10-9-17(15-22-19)21-11-5-13-24(16-21)14-6-12-21/h3-4,7,9-10,15H,5-6,11-14,16H2,1-2H3. The molecular formula is C21H26N3. The molecule has 1 aromatic carbocycles. The molecular weight excluding hydrogens is 294 g/mol. The maximum Gasteiger partial charge on any atom is 0.0723 e. The molecule has 1 radical (unpaired) electrons. The Labute approximate surface area is 145 Å². The van der Waals surface area contributed by atoms with E-state index in [0.717, 1.165) is 16.9 Å². The maximum absolute atomic E-state index is 4.84. The van der Waals surface area contributed by atoms with Gasteiger partial charge in [0.05, 0.1) is 11.4 Å². The molecule has 2 saturated heterocycles. The van der Waals surface area contributed by atoms with Gasteiger partial charge in [0, 0.05) is 43.9 Å². The van der Waals surface area contributed by atoms with E-state index in [2.05, 4.69) is 54.4 Å². The number of anilines is 1. The third-order valence-corrected chi connectivity index (χ3v) is 5.72. The molecule has 3 heterocycles. The first-order chi connectivity index (χ1) is 11.7. The fourth-order valence-corrected chi connectivity index (χ4v) is 4.51. The average molecular weight is 320 g/mol. The number of piperidine rings is 2. The number of rotatable bonds is 3. The summed E-state index contributed by atoms with van der Waals surface area (Å²) in [6, 6.07) is 14.0. The number of hydrogen-bond donors (Lipinski definition) is 0. The Kier molecular flexibility index (Phi) is 4.05. The average Bonchev–Trinajstić information content (AvgIpc) is 2.62. The number of benzene rings is 1. The summed E-state index contributed by atoms with van der Waals surface area (Å²) in [6.07, 6.45) is 7.40. The van der Waals surface area contributed by atoms with E-state index in [1.165, 1.54) is 50.9 Å². The molecule has 24 heavy (non-hydrogen) atoms. The van der Waals surface area contributed by atoms with Crippen molar-refractivity contribution in [3.8, 4) is 11.3 Å². The van der Waals surface area contributed by atoms with Crippen molar-refractivity contribution in [2.75, 3.05) is 38.6 Å². The molecule has 2 aromatic rings. The summed E-state index contributed by atoms with van der Waals surface area (Å²) in [5.74, 6) is 0. The molecule has 4 rings (SSSR count). The Morgan fingerprint density at radius 2 is 1.92 bits per heavy atom. The second-order valence-electron chi connectivity index (χ2n) is 7.52. The molecule has 125 valence electrons. The van der Waals surface area contributed by atoms with Crippen molar-refractivity contribution < 1.29 is 0 Å². The van der Waals surface area contributed by atoms with Crippen molar-refractivity contribution >= 4 is 5.69 Å². The van der Waals surface area contributed by atoms with Gasteiger partial charge in [0.25, 0.3) is 0 Å². The largest absolute Gasteiger partial charge is 0.377 e. The molecule has 0 amide bonds. The van der Waals surface area contributed by atoms with Gasteiger partial charge >= 0.3 is 0 Å². The summed E-state index contributed by atoms with van der Waals surface area (Å²) in [4.78, 5) is 9.58. The van der Waals surface area contributed by atoms with Crippen LogP contribution in [-0.4, -0.2) is 43.6 Å². The Bertz CT molecular complexity index is 695. The highest BCUT2D eigenvalue weighted by Gasteiger charge is 2.39. The van der Waals surface area contributed by atoms with Crippen LogP contribution in [0.4, 0.5) is 5.69 Å². The second kappa shape index (κ2) is 6.21. The fraction of sp³-hybridized carbons (Fsp3) is 0.476. The van der Waals surface area contributed by atoms with Crippen LogP contribution in [0.1, 0.15) is 31.2 Å². The first kappa shape index (κ1) is 15.6. The molecule has 2 aliphatic heterocycles. The van der Waals surface area contributed by atoms with Gasteiger partial charge in [-0.3, -0.25) is 4.98 Å². The Morgan fingerprint density at radius 1 is 1.12 bits per heavy atom. The topological polar surface area (TPSA) is 19.4 Å². The normalized spacial score (nSPS) is 26.2. The first-order valence-electron chi connectivity index (χ1n) is 9.05. The monoisotopic (exact) mass is 320 g/mol. The van der Waals surface area contributed by atoms with Crippen molar-refractivity contribution in [3.05, 3.63) is 48.2 Å². The number of para-hydroxylation sites is 1. The summed E-state index contributed by atoms with van der Waals surface area (Å²) >= 11 is 0. The van der Waals surface area contributed by atoms with Crippen LogP contribution in [0.5, 0.6) is 0 Å². The third kappa shape index (κ3) is 2.71. The van der Waals surface area contributed by atoms with E-state index in [-0.39, 0.29) is 0 Å². The Hall–Kier alpha value is -1.87. The van der Waals surface area contributed by atoms with Gasteiger partial charge in [0.15, 0.2) is 0 Å². The van der Waals surface area contributed by atoms with Crippen molar-refractivity contribution in [2.45, 2.75) is 31.1 Å². The fourth-order valence-electron chi connectivity index (χ4n) is 4.51. The highest BCUT2D eigenvalue weighted by atomic mass is 15.1. The summed E-state index contributed by atoms with van der Waals surface area (Å²) in [5.41, 5.74) is 5.06. The van der Waals surface area contributed by atoms with Gasteiger partial charge in [-0.15, -0.1) is 0 Å². The van der Waals surface area contributed by atoms with Crippen LogP contribution in [0.2, 0.25) is 0 Å². The lowest BCUT2D eigenvalue weighted by molar-refractivity contribution is 0.0941. The molecule has 2 aliphatic rings. The predicted molar refractivity (Wildman–Crippen MR) is 99.4 cm³/mol. The number of hydrogen-bond acceptors (Lipinski definition) is 3. The SMILES string of the molecule is CN(C)c1[c]cccc1-c1ccc(C23CCCN(CCC2)C3)cn1. The van der Waals surface area contributed by atoms with E-state index in [4.69, 9.17) is 4.98 Å². The zero-order chi connectivity index (χ0) is 16.6. The number of nitrogens with zero attached hydrogens (tertiary/aromatic N) is 3. The first-order valence-corrected chi connectivity index (χ1v) is 9.05. The number of aromatic nitrogens is 1. The maximum atomic E-state index is 4.84. The molecule has 0 aliphatic carbocycles. The quantitative estimate of drug-likeness (QED) is 0.859. The summed E-state index contributed by atoms with van der Waals surface area (Å²) < 4.78 is 0. The van der Waals surface area contributed by atoms with E-state index in [0.29, 0.717) is 5.41 Å². The molecule has 2 bridgehead atoms. The second-order valence-corrected chi connectivity index (χ2v) is 7.52. The number of pyridine rings is 1. The molecule has 1 aromatic heterocycles. The van der Waals surface area contributed by atoms with Gasteiger partial charge < -0.3 is 9.80 Å². The lowest BCUT2D eigenvalue weighted by atomic mass is 9.69. The summed E-state index contributed by atoms with van der Waals surface area (Å²) in [6.45, 7) is 3.77. The van der Waals surface area contributed by atoms with Gasteiger partial charge in [-0.2, -0.15) is 0 Å². The zero-order valence-electron chi connectivity index (χ0n) is 14.8. The van der Waals surface area contributed by atoms with Crippen LogP contribution >= 0.6 is 0 Å². The van der Waals surface area contributed by atoms with E-state index < -0.39 is 0 Å².